The number of nitrogens with two attached hydrogens (primary N) is 1. The van der Waals surface area contributed by atoms with Crippen LogP contribution in [0.2, 0.25) is 0 Å². The fourth-order valence-electron chi connectivity index (χ4n) is 2.33. The molecule has 0 saturated heterocycles. The molecule has 0 aliphatic heterocycles. The van der Waals surface area contributed by atoms with Crippen LogP contribution in [0.25, 0.3) is 0 Å². The highest BCUT2D eigenvalue weighted by Gasteiger charge is 2.28. The van der Waals surface area contributed by atoms with Gasteiger partial charge in [0.1, 0.15) is 11.8 Å². The third kappa shape index (κ3) is 7.11. The Hall–Kier alpha value is -2.25. The van der Waals surface area contributed by atoms with Gasteiger partial charge >= 0.3 is 6.18 Å². The zero-order valence-corrected chi connectivity index (χ0v) is 15.7. The first-order valence-electron chi connectivity index (χ1n) is 8.08. The molecule has 148 valence electrons. The molecule has 8 heteroatoms. The van der Waals surface area contributed by atoms with Gasteiger partial charge in [0.05, 0.1) is 6.04 Å². The molecule has 3 N–H and O–H groups in total. The Kier molecular flexibility index (Phi) is 8.12. The zero-order chi connectivity index (χ0) is 19.3. The second kappa shape index (κ2) is 9.62. The van der Waals surface area contributed by atoms with E-state index in [9.17, 15) is 18.0 Å². The van der Waals surface area contributed by atoms with Crippen molar-refractivity contribution in [3.05, 3.63) is 65.2 Å². The molecule has 0 fully saturated rings. The minimum atomic E-state index is -4.38. The van der Waals surface area contributed by atoms with E-state index in [0.29, 0.717) is 5.56 Å². The van der Waals surface area contributed by atoms with Crippen LogP contribution < -0.4 is 15.8 Å². The van der Waals surface area contributed by atoms with Crippen molar-refractivity contribution in [3.8, 4) is 5.75 Å². The lowest BCUT2D eigenvalue weighted by Gasteiger charge is -2.19. The Morgan fingerprint density at radius 2 is 1.59 bits per heavy atom. The average Bonchev–Trinajstić information content (AvgIpc) is 2.59. The number of benzene rings is 2. The lowest BCUT2D eigenvalue weighted by atomic mass is 10.0. The number of carbonyl (C=O) groups is 1. The molecule has 2 aromatic carbocycles. The molecular weight excluding hydrogens is 381 g/mol. The molecular formula is C19H22ClF3N2O2. The lowest BCUT2D eigenvalue weighted by Crippen LogP contribution is -2.35. The summed E-state index contributed by atoms with van der Waals surface area (Å²) in [7, 11) is 0. The topological polar surface area (TPSA) is 64.4 Å². The van der Waals surface area contributed by atoms with E-state index < -0.39 is 18.8 Å². The number of nitrogens with one attached hydrogen (secondary N) is 1. The Balaban J connectivity index is 0.00000364. The van der Waals surface area contributed by atoms with Crippen molar-refractivity contribution in [3.63, 3.8) is 0 Å². The number of rotatable bonds is 6. The van der Waals surface area contributed by atoms with Crippen LogP contribution in [0, 0.1) is 6.92 Å². The number of carbonyl (C=O) groups excluding carboxylic acids is 1. The molecule has 0 saturated carbocycles. The molecule has 0 aliphatic rings. The minimum absolute atomic E-state index is 0. The molecule has 2 rings (SSSR count). The van der Waals surface area contributed by atoms with E-state index in [1.807, 2.05) is 19.1 Å². The fraction of sp³-hybridized carbons (Fsp3) is 0.316. The Labute approximate surface area is 162 Å². The lowest BCUT2D eigenvalue weighted by molar-refractivity contribution is -0.153. The van der Waals surface area contributed by atoms with Gasteiger partial charge in [0, 0.05) is 0 Å². The van der Waals surface area contributed by atoms with E-state index in [4.69, 9.17) is 5.73 Å². The van der Waals surface area contributed by atoms with Gasteiger partial charge in [-0.2, -0.15) is 13.2 Å². The van der Waals surface area contributed by atoms with Crippen molar-refractivity contribution >= 4 is 18.3 Å². The molecule has 2 atom stereocenters. The molecule has 0 aromatic heterocycles. The number of alkyl halides is 3. The predicted octanol–water partition coefficient (Wildman–Crippen LogP) is 4.24. The highest BCUT2D eigenvalue weighted by molar-refractivity contribution is 5.85. The van der Waals surface area contributed by atoms with Crippen LogP contribution in [0.1, 0.15) is 35.7 Å². The molecule has 0 radical (unpaired) electrons. The highest BCUT2D eigenvalue weighted by Crippen LogP contribution is 2.21. The highest BCUT2D eigenvalue weighted by atomic mass is 35.5. The summed E-state index contributed by atoms with van der Waals surface area (Å²) in [5.41, 5.74) is 8.49. The molecule has 0 bridgehead atoms. The van der Waals surface area contributed by atoms with Crippen LogP contribution in [0.15, 0.2) is 48.5 Å². The van der Waals surface area contributed by atoms with Gasteiger partial charge in [-0.05, 0) is 37.1 Å². The largest absolute Gasteiger partial charge is 0.484 e. The van der Waals surface area contributed by atoms with Crippen molar-refractivity contribution in [1.29, 1.82) is 0 Å². The van der Waals surface area contributed by atoms with E-state index in [2.05, 4.69) is 10.1 Å². The summed E-state index contributed by atoms with van der Waals surface area (Å²) >= 11 is 0. The van der Waals surface area contributed by atoms with Gasteiger partial charge in [-0.15, -0.1) is 12.4 Å². The molecule has 0 aliphatic carbocycles. The van der Waals surface area contributed by atoms with Crippen molar-refractivity contribution < 1.29 is 22.7 Å². The third-order valence-electron chi connectivity index (χ3n) is 3.86. The SMILES string of the molecule is Cc1ccc(C(N)C(=O)NC(C)c2ccc(OCC(F)(F)F)cc2)cc1.Cl. The molecule has 0 heterocycles. The van der Waals surface area contributed by atoms with E-state index in [1.54, 1.807) is 31.2 Å². The van der Waals surface area contributed by atoms with Crippen LogP contribution in [-0.4, -0.2) is 18.7 Å². The second-order valence-corrected chi connectivity index (χ2v) is 6.09. The van der Waals surface area contributed by atoms with E-state index in [-0.39, 0.29) is 30.1 Å². The van der Waals surface area contributed by atoms with Crippen molar-refractivity contribution in [1.82, 2.24) is 5.32 Å². The standard InChI is InChI=1S/C19H21F3N2O2.ClH/c1-12-3-5-15(6-4-12)17(23)18(25)24-13(2)14-7-9-16(10-8-14)26-11-19(20,21)22;/h3-10,13,17H,11,23H2,1-2H3,(H,24,25);1H. The van der Waals surface area contributed by atoms with Gasteiger partial charge in [-0.25, -0.2) is 0 Å². The first-order chi connectivity index (χ1) is 12.2. The summed E-state index contributed by atoms with van der Waals surface area (Å²) in [5.74, 6) is -0.222. The normalized spacial score (nSPS) is 13.3. The first-order valence-corrected chi connectivity index (χ1v) is 8.08. The minimum Gasteiger partial charge on any atom is -0.484 e. The van der Waals surface area contributed by atoms with Crippen LogP contribution >= 0.6 is 12.4 Å². The molecule has 0 spiro atoms. The summed E-state index contributed by atoms with van der Waals surface area (Å²) in [6.45, 7) is 2.37. The monoisotopic (exact) mass is 402 g/mol. The third-order valence-corrected chi connectivity index (χ3v) is 3.86. The summed E-state index contributed by atoms with van der Waals surface area (Å²) in [6, 6.07) is 12.3. The smallest absolute Gasteiger partial charge is 0.422 e. The summed E-state index contributed by atoms with van der Waals surface area (Å²) in [4.78, 5) is 12.3. The van der Waals surface area contributed by atoms with Crippen LogP contribution in [-0.2, 0) is 4.79 Å². The van der Waals surface area contributed by atoms with Crippen molar-refractivity contribution in [2.24, 2.45) is 5.73 Å². The van der Waals surface area contributed by atoms with E-state index in [1.165, 1.54) is 12.1 Å². The number of aryl methyl sites for hydroxylation is 1. The van der Waals surface area contributed by atoms with Crippen LogP contribution in [0.4, 0.5) is 13.2 Å². The van der Waals surface area contributed by atoms with Crippen LogP contribution in [0.3, 0.4) is 0 Å². The average molecular weight is 403 g/mol. The summed E-state index contributed by atoms with van der Waals surface area (Å²) in [6.07, 6.45) is -4.38. The fourth-order valence-corrected chi connectivity index (χ4v) is 2.33. The number of ether oxygens (including phenoxy) is 1. The number of halogens is 4. The Morgan fingerprint density at radius 1 is 1.07 bits per heavy atom. The molecule has 27 heavy (non-hydrogen) atoms. The van der Waals surface area contributed by atoms with Gasteiger partial charge in [0.15, 0.2) is 6.61 Å². The summed E-state index contributed by atoms with van der Waals surface area (Å²) in [5, 5.41) is 2.80. The number of hydrogen-bond donors (Lipinski definition) is 2. The molecule has 2 aromatic rings. The van der Waals surface area contributed by atoms with Gasteiger partial charge < -0.3 is 15.8 Å². The van der Waals surface area contributed by atoms with E-state index >= 15 is 0 Å². The quantitative estimate of drug-likeness (QED) is 0.759. The number of hydrogen-bond acceptors (Lipinski definition) is 3. The maximum atomic E-state index is 12.3. The van der Waals surface area contributed by atoms with Crippen molar-refractivity contribution in [2.75, 3.05) is 6.61 Å². The van der Waals surface area contributed by atoms with E-state index in [0.717, 1.165) is 11.1 Å². The molecule has 2 unspecified atom stereocenters. The van der Waals surface area contributed by atoms with Gasteiger partial charge in [0.2, 0.25) is 5.91 Å². The maximum Gasteiger partial charge on any atom is 0.422 e. The van der Waals surface area contributed by atoms with Gasteiger partial charge in [0.25, 0.3) is 0 Å². The predicted molar refractivity (Wildman–Crippen MR) is 99.9 cm³/mol. The Bertz CT molecular complexity index is 734. The maximum absolute atomic E-state index is 12.3. The second-order valence-electron chi connectivity index (χ2n) is 6.09. The number of amides is 1. The first kappa shape index (κ1) is 22.8. The molecule has 1 amide bonds. The van der Waals surface area contributed by atoms with Gasteiger partial charge in [-0.3, -0.25) is 4.79 Å². The zero-order valence-electron chi connectivity index (χ0n) is 14.9. The van der Waals surface area contributed by atoms with Crippen LogP contribution in [0.5, 0.6) is 5.75 Å². The Morgan fingerprint density at radius 3 is 2.11 bits per heavy atom. The summed E-state index contributed by atoms with van der Waals surface area (Å²) < 4.78 is 41.1. The van der Waals surface area contributed by atoms with Crippen molar-refractivity contribution in [2.45, 2.75) is 32.1 Å². The van der Waals surface area contributed by atoms with Gasteiger partial charge in [-0.1, -0.05) is 42.0 Å². The molecule has 4 nitrogen and oxygen atoms in total.